The summed E-state index contributed by atoms with van der Waals surface area (Å²) in [4.78, 5) is 26.7. The molecule has 4 heteroatoms. The van der Waals surface area contributed by atoms with Gasteiger partial charge >= 0.3 is 0 Å². The summed E-state index contributed by atoms with van der Waals surface area (Å²) < 4.78 is 0. The van der Waals surface area contributed by atoms with Crippen molar-refractivity contribution >= 4 is 23.6 Å². The second kappa shape index (κ2) is 8.67. The third-order valence-electron chi connectivity index (χ3n) is 5.04. The average molecular weight is 362 g/mol. The average Bonchev–Trinajstić information content (AvgIpc) is 2.69. The monoisotopic (exact) mass is 362 g/mol. The number of carbonyl (C=O) groups excluding carboxylic acids is 2. The molecule has 0 saturated carbocycles. The van der Waals surface area contributed by atoms with E-state index >= 15 is 0 Å². The van der Waals surface area contributed by atoms with Crippen molar-refractivity contribution in [3.05, 3.63) is 71.3 Å². The van der Waals surface area contributed by atoms with Crippen LogP contribution < -0.4 is 5.32 Å². The van der Waals surface area contributed by atoms with Crippen molar-refractivity contribution in [3.63, 3.8) is 0 Å². The van der Waals surface area contributed by atoms with Gasteiger partial charge in [-0.3, -0.25) is 9.59 Å². The number of hydrogen-bond donors (Lipinski definition) is 1. The van der Waals surface area contributed by atoms with Crippen molar-refractivity contribution in [2.75, 3.05) is 18.4 Å². The molecular formula is C23H26N2O2. The summed E-state index contributed by atoms with van der Waals surface area (Å²) in [6.45, 7) is 5.27. The van der Waals surface area contributed by atoms with Crippen LogP contribution in [0.15, 0.2) is 54.6 Å². The second-order valence-corrected chi connectivity index (χ2v) is 7.15. The molecule has 1 heterocycles. The molecule has 4 nitrogen and oxygen atoms in total. The molecule has 140 valence electrons. The summed E-state index contributed by atoms with van der Waals surface area (Å²) in [6.07, 6.45) is 4.84. The van der Waals surface area contributed by atoms with Gasteiger partial charge in [0.2, 0.25) is 11.8 Å². The van der Waals surface area contributed by atoms with Crippen LogP contribution >= 0.6 is 0 Å². The van der Waals surface area contributed by atoms with E-state index in [0.717, 1.165) is 16.8 Å². The Hall–Kier alpha value is -2.88. The van der Waals surface area contributed by atoms with Crippen LogP contribution in [0.5, 0.6) is 0 Å². The summed E-state index contributed by atoms with van der Waals surface area (Å²) in [5.41, 5.74) is 4.13. The fourth-order valence-electron chi connectivity index (χ4n) is 3.39. The van der Waals surface area contributed by atoms with E-state index in [4.69, 9.17) is 0 Å². The summed E-state index contributed by atoms with van der Waals surface area (Å²) in [7, 11) is 0. The smallest absolute Gasteiger partial charge is 0.246 e. The number of aryl methyl sites for hydroxylation is 2. The molecule has 2 aromatic rings. The number of carbonyl (C=O) groups is 2. The molecule has 0 atom stereocenters. The summed E-state index contributed by atoms with van der Waals surface area (Å²) in [5.74, 6) is 0.00817. The van der Waals surface area contributed by atoms with Gasteiger partial charge in [-0.2, -0.15) is 0 Å². The Morgan fingerprint density at radius 3 is 2.41 bits per heavy atom. The molecule has 27 heavy (non-hydrogen) atoms. The Kier molecular flexibility index (Phi) is 6.07. The van der Waals surface area contributed by atoms with Crippen molar-refractivity contribution < 1.29 is 9.59 Å². The summed E-state index contributed by atoms with van der Waals surface area (Å²) in [5, 5.41) is 3.04. The minimum Gasteiger partial charge on any atom is -0.339 e. The molecule has 1 aliphatic heterocycles. The molecule has 0 aromatic heterocycles. The largest absolute Gasteiger partial charge is 0.339 e. The third-order valence-corrected chi connectivity index (χ3v) is 5.04. The van der Waals surface area contributed by atoms with E-state index in [2.05, 4.69) is 11.4 Å². The molecule has 3 rings (SSSR count). The zero-order valence-electron chi connectivity index (χ0n) is 15.9. The van der Waals surface area contributed by atoms with E-state index in [0.29, 0.717) is 25.9 Å². The molecule has 2 aromatic carbocycles. The van der Waals surface area contributed by atoms with Crippen LogP contribution in [0.2, 0.25) is 0 Å². The van der Waals surface area contributed by atoms with E-state index in [1.165, 1.54) is 5.56 Å². The van der Waals surface area contributed by atoms with E-state index in [1.54, 1.807) is 6.08 Å². The number of amides is 2. The lowest BCUT2D eigenvalue weighted by molar-refractivity contribution is -0.130. The maximum absolute atomic E-state index is 12.6. The van der Waals surface area contributed by atoms with Crippen LogP contribution in [-0.4, -0.2) is 29.8 Å². The zero-order valence-corrected chi connectivity index (χ0v) is 15.9. The highest BCUT2D eigenvalue weighted by molar-refractivity contribution is 5.94. The van der Waals surface area contributed by atoms with Crippen LogP contribution in [0.25, 0.3) is 6.08 Å². The first kappa shape index (κ1) is 18.9. The van der Waals surface area contributed by atoms with E-state index in [1.807, 2.05) is 67.3 Å². The standard InChI is InChI=1S/C23H26N2O2/c1-17-8-10-21(18(2)16-17)24-23(27)20-12-14-25(15-13-20)22(26)11-9-19-6-4-3-5-7-19/h3-11,16,20H,12-15H2,1-2H3,(H,24,27)/b11-9+. The Bertz CT molecular complexity index is 835. The first-order chi connectivity index (χ1) is 13.0. The van der Waals surface area contributed by atoms with Gasteiger partial charge in [-0.05, 0) is 50.0 Å². The highest BCUT2D eigenvalue weighted by Gasteiger charge is 2.26. The number of likely N-dealkylation sites (tertiary alicyclic amines) is 1. The van der Waals surface area contributed by atoms with Crippen molar-refractivity contribution in [2.45, 2.75) is 26.7 Å². The lowest BCUT2D eigenvalue weighted by atomic mass is 9.95. The van der Waals surface area contributed by atoms with Gasteiger partial charge in [-0.25, -0.2) is 0 Å². The van der Waals surface area contributed by atoms with Crippen LogP contribution in [0.4, 0.5) is 5.69 Å². The lowest BCUT2D eigenvalue weighted by Crippen LogP contribution is -2.40. The van der Waals surface area contributed by atoms with Gasteiger partial charge in [-0.1, -0.05) is 48.0 Å². The number of nitrogens with one attached hydrogen (secondary N) is 1. The maximum atomic E-state index is 12.6. The zero-order chi connectivity index (χ0) is 19.2. The van der Waals surface area contributed by atoms with E-state index < -0.39 is 0 Å². The normalized spacial score (nSPS) is 15.1. The predicted octanol–water partition coefficient (Wildman–Crippen LogP) is 4.19. The maximum Gasteiger partial charge on any atom is 0.246 e. The number of hydrogen-bond acceptors (Lipinski definition) is 2. The third kappa shape index (κ3) is 5.07. The molecule has 0 radical (unpaired) electrons. The number of anilines is 1. The molecule has 0 bridgehead atoms. The Morgan fingerprint density at radius 1 is 1.04 bits per heavy atom. The van der Waals surface area contributed by atoms with Crippen molar-refractivity contribution in [3.8, 4) is 0 Å². The van der Waals surface area contributed by atoms with Crippen LogP contribution in [-0.2, 0) is 9.59 Å². The summed E-state index contributed by atoms with van der Waals surface area (Å²) >= 11 is 0. The predicted molar refractivity (Wildman–Crippen MR) is 109 cm³/mol. The van der Waals surface area contributed by atoms with Gasteiger partial charge < -0.3 is 10.2 Å². The Labute approximate surface area is 160 Å². The Balaban J connectivity index is 1.51. The molecule has 1 aliphatic rings. The molecule has 0 spiro atoms. The van der Waals surface area contributed by atoms with Gasteiger partial charge in [0.05, 0.1) is 0 Å². The van der Waals surface area contributed by atoms with E-state index in [9.17, 15) is 9.59 Å². The SMILES string of the molecule is Cc1ccc(NC(=O)C2CCN(C(=O)/C=C/c3ccccc3)CC2)c(C)c1. The van der Waals surface area contributed by atoms with Gasteiger partial charge in [0.15, 0.2) is 0 Å². The van der Waals surface area contributed by atoms with Crippen molar-refractivity contribution in [1.29, 1.82) is 0 Å². The molecular weight excluding hydrogens is 336 g/mol. The number of nitrogens with zero attached hydrogens (tertiary/aromatic N) is 1. The quantitative estimate of drug-likeness (QED) is 0.829. The molecule has 1 saturated heterocycles. The number of rotatable bonds is 4. The second-order valence-electron chi connectivity index (χ2n) is 7.15. The van der Waals surface area contributed by atoms with Gasteiger partial charge in [-0.15, -0.1) is 0 Å². The lowest BCUT2D eigenvalue weighted by Gasteiger charge is -2.30. The van der Waals surface area contributed by atoms with Crippen LogP contribution in [0.1, 0.15) is 29.5 Å². The molecule has 2 amide bonds. The number of piperidine rings is 1. The van der Waals surface area contributed by atoms with Crippen molar-refractivity contribution in [2.24, 2.45) is 5.92 Å². The highest BCUT2D eigenvalue weighted by atomic mass is 16.2. The van der Waals surface area contributed by atoms with Crippen LogP contribution in [0.3, 0.4) is 0 Å². The molecule has 0 unspecified atom stereocenters. The first-order valence-electron chi connectivity index (χ1n) is 9.43. The minimum absolute atomic E-state index is 0.00657. The van der Waals surface area contributed by atoms with Gasteiger partial charge in [0.25, 0.3) is 0 Å². The molecule has 1 N–H and O–H groups in total. The highest BCUT2D eigenvalue weighted by Crippen LogP contribution is 2.22. The van der Waals surface area contributed by atoms with E-state index in [-0.39, 0.29) is 17.7 Å². The fourth-order valence-corrected chi connectivity index (χ4v) is 3.39. The van der Waals surface area contributed by atoms with Crippen LogP contribution in [0, 0.1) is 19.8 Å². The molecule has 1 fully saturated rings. The van der Waals surface area contributed by atoms with Crippen molar-refractivity contribution in [1.82, 2.24) is 4.90 Å². The van der Waals surface area contributed by atoms with Gasteiger partial charge in [0.1, 0.15) is 0 Å². The Morgan fingerprint density at radius 2 is 1.74 bits per heavy atom. The minimum atomic E-state index is -0.0483. The summed E-state index contributed by atoms with van der Waals surface area (Å²) in [6, 6.07) is 15.8. The first-order valence-corrected chi connectivity index (χ1v) is 9.43. The van der Waals surface area contributed by atoms with Gasteiger partial charge in [0, 0.05) is 30.8 Å². The molecule has 0 aliphatic carbocycles. The fraction of sp³-hybridized carbons (Fsp3) is 0.304. The topological polar surface area (TPSA) is 49.4 Å². The number of benzene rings is 2.